The first kappa shape index (κ1) is 21.6. The number of anilines is 2. The van der Waals surface area contributed by atoms with Crippen molar-refractivity contribution >= 4 is 29.2 Å². The van der Waals surface area contributed by atoms with Crippen LogP contribution in [0.5, 0.6) is 0 Å². The molecule has 2 amide bonds. The van der Waals surface area contributed by atoms with Crippen LogP contribution in [-0.4, -0.2) is 59.5 Å². The third-order valence-electron chi connectivity index (χ3n) is 7.34. The number of carboxylic acids is 1. The number of rotatable bonds is 6. The summed E-state index contributed by atoms with van der Waals surface area (Å²) in [6.45, 7) is 3.07. The second-order valence-corrected chi connectivity index (χ2v) is 9.08. The molecule has 4 N–H and O–H groups in total. The SMILES string of the molecule is NC(=O)C1(N2CCCCC2)CCN(c2ccc(NC(=O)C3CCC3)c(C(=O)O)c2)CC1. The highest BCUT2D eigenvalue weighted by atomic mass is 16.4. The highest BCUT2D eigenvalue weighted by molar-refractivity contribution is 6.02. The van der Waals surface area contributed by atoms with E-state index in [4.69, 9.17) is 5.73 Å². The summed E-state index contributed by atoms with van der Waals surface area (Å²) in [7, 11) is 0. The van der Waals surface area contributed by atoms with E-state index in [1.807, 2.05) is 6.07 Å². The number of piperidine rings is 2. The Morgan fingerprint density at radius 1 is 1.00 bits per heavy atom. The lowest BCUT2D eigenvalue weighted by Crippen LogP contribution is -2.63. The Morgan fingerprint density at radius 2 is 1.68 bits per heavy atom. The minimum atomic E-state index is -1.07. The maximum absolute atomic E-state index is 12.4. The second-order valence-electron chi connectivity index (χ2n) is 9.08. The highest BCUT2D eigenvalue weighted by Gasteiger charge is 2.45. The summed E-state index contributed by atoms with van der Waals surface area (Å²) in [6, 6.07) is 5.15. The molecule has 8 nitrogen and oxygen atoms in total. The van der Waals surface area contributed by atoms with E-state index in [1.54, 1.807) is 12.1 Å². The maximum Gasteiger partial charge on any atom is 0.337 e. The van der Waals surface area contributed by atoms with Gasteiger partial charge in [0.1, 0.15) is 5.54 Å². The fourth-order valence-corrected chi connectivity index (χ4v) is 5.10. The zero-order valence-electron chi connectivity index (χ0n) is 17.9. The zero-order valence-corrected chi connectivity index (χ0v) is 17.9. The number of hydrogen-bond acceptors (Lipinski definition) is 5. The van der Waals surface area contributed by atoms with Gasteiger partial charge in [-0.25, -0.2) is 4.79 Å². The number of primary amides is 1. The second kappa shape index (κ2) is 8.86. The van der Waals surface area contributed by atoms with E-state index in [9.17, 15) is 19.5 Å². The van der Waals surface area contributed by atoms with Crippen LogP contribution < -0.4 is 16.0 Å². The molecule has 0 bridgehead atoms. The van der Waals surface area contributed by atoms with Crippen LogP contribution in [0.25, 0.3) is 0 Å². The molecule has 8 heteroatoms. The van der Waals surface area contributed by atoms with Crippen LogP contribution in [0.4, 0.5) is 11.4 Å². The molecule has 0 radical (unpaired) electrons. The van der Waals surface area contributed by atoms with Gasteiger partial charge < -0.3 is 21.1 Å². The molecule has 0 spiro atoms. The van der Waals surface area contributed by atoms with Gasteiger partial charge in [-0.2, -0.15) is 0 Å². The molecule has 1 aliphatic carbocycles. The van der Waals surface area contributed by atoms with Crippen LogP contribution in [0.1, 0.15) is 61.7 Å². The van der Waals surface area contributed by atoms with Crippen molar-refractivity contribution in [2.24, 2.45) is 11.7 Å². The molecule has 3 aliphatic rings. The standard InChI is InChI=1S/C23H32N4O4/c24-22(31)23(27-11-2-1-3-12-27)9-13-26(14-10-23)17-7-8-19(18(15-17)21(29)30)25-20(28)16-5-4-6-16/h7-8,15-16H,1-6,9-14H2,(H2,24,31)(H,25,28)(H,29,30). The summed E-state index contributed by atoms with van der Waals surface area (Å²) in [4.78, 5) is 40.9. The summed E-state index contributed by atoms with van der Waals surface area (Å²) in [6.07, 6.45) is 7.40. The van der Waals surface area contributed by atoms with E-state index >= 15 is 0 Å². The summed E-state index contributed by atoms with van der Waals surface area (Å²) in [5, 5.41) is 12.5. The number of amides is 2. The van der Waals surface area contributed by atoms with Crippen molar-refractivity contribution in [2.75, 3.05) is 36.4 Å². The molecule has 2 saturated heterocycles. The van der Waals surface area contributed by atoms with Gasteiger partial charge in [-0.1, -0.05) is 12.8 Å². The summed E-state index contributed by atoms with van der Waals surface area (Å²) < 4.78 is 0. The van der Waals surface area contributed by atoms with Crippen LogP contribution in [0.3, 0.4) is 0 Å². The van der Waals surface area contributed by atoms with Crippen LogP contribution in [0.15, 0.2) is 18.2 Å². The zero-order chi connectivity index (χ0) is 22.0. The third kappa shape index (κ3) is 4.26. The molecular weight excluding hydrogens is 396 g/mol. The fourth-order valence-electron chi connectivity index (χ4n) is 5.10. The predicted octanol–water partition coefficient (Wildman–Crippen LogP) is 2.43. The predicted molar refractivity (Wildman–Crippen MR) is 118 cm³/mol. The van der Waals surface area contributed by atoms with E-state index in [0.29, 0.717) is 31.6 Å². The topological polar surface area (TPSA) is 116 Å². The van der Waals surface area contributed by atoms with Crippen molar-refractivity contribution in [3.8, 4) is 0 Å². The van der Waals surface area contributed by atoms with Crippen LogP contribution in [0.2, 0.25) is 0 Å². The van der Waals surface area contributed by atoms with Crippen LogP contribution in [0, 0.1) is 5.92 Å². The van der Waals surface area contributed by atoms with Crippen molar-refractivity contribution in [3.05, 3.63) is 23.8 Å². The summed E-state index contributed by atoms with van der Waals surface area (Å²) in [5.74, 6) is -1.44. The Hall–Kier alpha value is -2.61. The maximum atomic E-state index is 12.4. The molecule has 168 valence electrons. The first-order chi connectivity index (χ1) is 14.9. The van der Waals surface area contributed by atoms with Crippen molar-refractivity contribution in [1.82, 2.24) is 4.90 Å². The number of nitrogens with one attached hydrogen (secondary N) is 1. The van der Waals surface area contributed by atoms with E-state index in [-0.39, 0.29) is 23.3 Å². The average Bonchev–Trinajstić information content (AvgIpc) is 2.73. The first-order valence-electron chi connectivity index (χ1n) is 11.4. The number of likely N-dealkylation sites (tertiary alicyclic amines) is 1. The molecule has 2 aliphatic heterocycles. The largest absolute Gasteiger partial charge is 0.478 e. The van der Waals surface area contributed by atoms with E-state index in [0.717, 1.165) is 50.9 Å². The molecule has 31 heavy (non-hydrogen) atoms. The normalized spacial score (nSPS) is 21.9. The van der Waals surface area contributed by atoms with Gasteiger partial charge in [-0.3, -0.25) is 14.5 Å². The Balaban J connectivity index is 1.48. The monoisotopic (exact) mass is 428 g/mol. The Morgan fingerprint density at radius 3 is 2.23 bits per heavy atom. The van der Waals surface area contributed by atoms with Gasteiger partial charge in [-0.05, 0) is 69.8 Å². The molecule has 2 heterocycles. The van der Waals surface area contributed by atoms with Crippen molar-refractivity contribution in [2.45, 2.75) is 56.9 Å². The van der Waals surface area contributed by atoms with Gasteiger partial charge in [-0.15, -0.1) is 0 Å². The van der Waals surface area contributed by atoms with Gasteiger partial charge in [0.15, 0.2) is 0 Å². The fraction of sp³-hybridized carbons (Fsp3) is 0.609. The molecule has 0 atom stereocenters. The number of aromatic carboxylic acids is 1. The first-order valence-corrected chi connectivity index (χ1v) is 11.4. The smallest absolute Gasteiger partial charge is 0.337 e. The Bertz CT molecular complexity index is 853. The van der Waals surface area contributed by atoms with Crippen molar-refractivity contribution in [1.29, 1.82) is 0 Å². The average molecular weight is 429 g/mol. The number of carbonyl (C=O) groups is 3. The number of hydrogen-bond donors (Lipinski definition) is 3. The number of benzene rings is 1. The summed E-state index contributed by atoms with van der Waals surface area (Å²) >= 11 is 0. The van der Waals surface area contributed by atoms with E-state index in [2.05, 4.69) is 15.1 Å². The number of nitrogens with two attached hydrogens (primary N) is 1. The van der Waals surface area contributed by atoms with Gasteiger partial charge in [0.05, 0.1) is 11.3 Å². The van der Waals surface area contributed by atoms with Crippen LogP contribution in [-0.2, 0) is 9.59 Å². The Kier molecular flexibility index (Phi) is 6.18. The van der Waals surface area contributed by atoms with Crippen molar-refractivity contribution in [3.63, 3.8) is 0 Å². The molecule has 1 aromatic carbocycles. The highest BCUT2D eigenvalue weighted by Crippen LogP contribution is 2.35. The van der Waals surface area contributed by atoms with Gasteiger partial charge >= 0.3 is 5.97 Å². The molecule has 0 aromatic heterocycles. The molecular formula is C23H32N4O4. The lowest BCUT2D eigenvalue weighted by molar-refractivity contribution is -0.132. The van der Waals surface area contributed by atoms with Gasteiger partial charge in [0, 0.05) is 24.7 Å². The summed E-state index contributed by atoms with van der Waals surface area (Å²) in [5.41, 5.74) is 6.48. The van der Waals surface area contributed by atoms with Crippen molar-refractivity contribution < 1.29 is 19.5 Å². The van der Waals surface area contributed by atoms with E-state index in [1.165, 1.54) is 6.42 Å². The number of nitrogens with zero attached hydrogens (tertiary/aromatic N) is 2. The minimum absolute atomic E-state index is 0.0138. The molecule has 0 unspecified atom stereocenters. The Labute approximate surface area is 182 Å². The molecule has 4 rings (SSSR count). The van der Waals surface area contributed by atoms with Gasteiger partial charge in [0.2, 0.25) is 11.8 Å². The number of carbonyl (C=O) groups excluding carboxylic acids is 2. The quantitative estimate of drug-likeness (QED) is 0.641. The minimum Gasteiger partial charge on any atom is -0.478 e. The lowest BCUT2D eigenvalue weighted by Gasteiger charge is -2.48. The van der Waals surface area contributed by atoms with E-state index < -0.39 is 11.5 Å². The molecule has 1 saturated carbocycles. The van der Waals surface area contributed by atoms with Crippen LogP contribution >= 0.6 is 0 Å². The van der Waals surface area contributed by atoms with Gasteiger partial charge in [0.25, 0.3) is 0 Å². The third-order valence-corrected chi connectivity index (χ3v) is 7.34. The lowest BCUT2D eigenvalue weighted by atomic mass is 9.83. The molecule has 1 aromatic rings. The number of carboxylic acid groups (broad SMARTS) is 1. The molecule has 3 fully saturated rings.